The van der Waals surface area contributed by atoms with Crippen LogP contribution in [0.1, 0.15) is 91.4 Å². The third-order valence-electron chi connectivity index (χ3n) is 8.41. The number of benzene rings is 1. The normalized spacial score (nSPS) is 26.6. The highest BCUT2D eigenvalue weighted by atomic mass is 16.2. The topological polar surface area (TPSA) is 51.2 Å². The third kappa shape index (κ3) is 4.77. The van der Waals surface area contributed by atoms with Gasteiger partial charge in [-0.3, -0.25) is 14.4 Å². The highest BCUT2D eigenvalue weighted by molar-refractivity contribution is 6.34. The average Bonchev–Trinajstić information content (AvgIpc) is 2.81. The standard InChI is InChI=1S/C33H42O3/c1-22(2)14-15-26-20-32(18-16-23(3)4)21-27(28(34)25-12-10-9-11-13-25)29(35)33(30(32)36,31(26,7)8)19-17-24(5)6/h9-14,16-17,21,26H,15,18-20H2,1-8H3/t26-,32-,33+/m0/s1. The molecule has 0 aliphatic heterocycles. The van der Waals surface area contributed by atoms with Gasteiger partial charge in [0.1, 0.15) is 5.41 Å². The van der Waals surface area contributed by atoms with Crippen molar-refractivity contribution in [1.82, 2.24) is 0 Å². The number of ketones is 3. The number of fused-ring (bicyclic) bond motifs is 2. The highest BCUT2D eigenvalue weighted by Gasteiger charge is 2.69. The zero-order chi connectivity index (χ0) is 26.9. The van der Waals surface area contributed by atoms with Crippen LogP contribution in [-0.2, 0) is 9.59 Å². The van der Waals surface area contributed by atoms with Crippen molar-refractivity contribution in [2.45, 2.75) is 81.1 Å². The fraction of sp³-hybridized carbons (Fsp3) is 0.485. The van der Waals surface area contributed by atoms with Crippen LogP contribution >= 0.6 is 0 Å². The first-order valence-electron chi connectivity index (χ1n) is 13.1. The molecule has 0 saturated heterocycles. The number of hydrogen-bond donors (Lipinski definition) is 0. The second kappa shape index (κ2) is 10.3. The Labute approximate surface area is 217 Å². The molecule has 2 bridgehead atoms. The van der Waals surface area contributed by atoms with Gasteiger partial charge in [0.25, 0.3) is 0 Å². The first kappa shape index (κ1) is 27.8. The molecule has 0 spiro atoms. The van der Waals surface area contributed by atoms with Gasteiger partial charge in [0.05, 0.1) is 11.0 Å². The number of hydrogen-bond acceptors (Lipinski definition) is 3. The molecule has 3 nitrogen and oxygen atoms in total. The maximum absolute atomic E-state index is 14.6. The van der Waals surface area contributed by atoms with E-state index in [-0.39, 0.29) is 28.8 Å². The molecule has 0 radical (unpaired) electrons. The molecule has 36 heavy (non-hydrogen) atoms. The molecule has 3 atom stereocenters. The summed E-state index contributed by atoms with van der Waals surface area (Å²) in [7, 11) is 0. The van der Waals surface area contributed by atoms with Crippen LogP contribution in [0.25, 0.3) is 0 Å². The molecule has 1 fully saturated rings. The van der Waals surface area contributed by atoms with Crippen molar-refractivity contribution in [3.8, 4) is 0 Å². The number of rotatable bonds is 8. The fourth-order valence-electron chi connectivity index (χ4n) is 6.04. The molecular formula is C33H42O3. The second-order valence-corrected chi connectivity index (χ2v) is 12.1. The summed E-state index contributed by atoms with van der Waals surface area (Å²) in [5.41, 5.74) is 1.29. The SMILES string of the molecule is CC(C)=CC[C@H]1C[C@@]2(CC=C(C)C)C=C(C(=O)c3ccccc3)C(=O)[C@](CC=C(C)C)(C2=O)C1(C)C. The smallest absolute Gasteiger partial charge is 0.196 e. The maximum atomic E-state index is 14.6. The predicted octanol–water partition coefficient (Wildman–Crippen LogP) is 8.04. The second-order valence-electron chi connectivity index (χ2n) is 12.1. The minimum Gasteiger partial charge on any atom is -0.298 e. The van der Waals surface area contributed by atoms with Gasteiger partial charge in [-0.15, -0.1) is 0 Å². The van der Waals surface area contributed by atoms with E-state index in [4.69, 9.17) is 0 Å². The zero-order valence-electron chi connectivity index (χ0n) is 23.3. The van der Waals surface area contributed by atoms with Crippen LogP contribution in [0.4, 0.5) is 0 Å². The highest BCUT2D eigenvalue weighted by Crippen LogP contribution is 2.64. The Bertz CT molecular complexity index is 1160. The van der Waals surface area contributed by atoms with E-state index in [2.05, 4.69) is 39.8 Å². The lowest BCUT2D eigenvalue weighted by molar-refractivity contribution is -0.167. The van der Waals surface area contributed by atoms with Gasteiger partial charge in [-0.25, -0.2) is 0 Å². The van der Waals surface area contributed by atoms with E-state index in [1.54, 1.807) is 18.2 Å². The van der Waals surface area contributed by atoms with Crippen molar-refractivity contribution in [1.29, 1.82) is 0 Å². The van der Waals surface area contributed by atoms with E-state index in [9.17, 15) is 14.4 Å². The van der Waals surface area contributed by atoms with Crippen LogP contribution in [0, 0.1) is 22.2 Å². The number of carbonyl (C=O) groups is 3. The predicted molar refractivity (Wildman–Crippen MR) is 148 cm³/mol. The molecule has 2 aliphatic rings. The van der Waals surface area contributed by atoms with Gasteiger partial charge in [-0.05, 0) is 78.6 Å². The molecule has 1 aromatic rings. The largest absolute Gasteiger partial charge is 0.298 e. The quantitative estimate of drug-likeness (QED) is 0.162. The Kier molecular flexibility index (Phi) is 7.93. The molecule has 3 heteroatoms. The monoisotopic (exact) mass is 486 g/mol. The summed E-state index contributed by atoms with van der Waals surface area (Å²) in [5.74, 6) is -0.485. The lowest BCUT2D eigenvalue weighted by Gasteiger charge is -2.59. The van der Waals surface area contributed by atoms with Gasteiger partial charge in [-0.2, -0.15) is 0 Å². The van der Waals surface area contributed by atoms with Crippen LogP contribution in [0.3, 0.4) is 0 Å². The van der Waals surface area contributed by atoms with Crippen molar-refractivity contribution in [2.75, 3.05) is 0 Å². The first-order chi connectivity index (χ1) is 16.8. The Hall–Kier alpha value is -2.81. The van der Waals surface area contributed by atoms with Gasteiger partial charge in [0.2, 0.25) is 0 Å². The molecule has 0 unspecified atom stereocenters. The van der Waals surface area contributed by atoms with E-state index in [1.165, 1.54) is 5.57 Å². The van der Waals surface area contributed by atoms with Crippen molar-refractivity contribution in [2.24, 2.45) is 22.2 Å². The Balaban J connectivity index is 2.34. The summed E-state index contributed by atoms with van der Waals surface area (Å²) < 4.78 is 0. The molecule has 0 heterocycles. The zero-order valence-corrected chi connectivity index (χ0v) is 23.3. The van der Waals surface area contributed by atoms with Crippen LogP contribution in [0.15, 0.2) is 76.9 Å². The summed E-state index contributed by atoms with van der Waals surface area (Å²) in [6.07, 6.45) is 10.4. The lowest BCUT2D eigenvalue weighted by atomic mass is 9.40. The van der Waals surface area contributed by atoms with Crippen molar-refractivity contribution in [3.05, 3.63) is 82.5 Å². The summed E-state index contributed by atoms with van der Waals surface area (Å²) in [6.45, 7) is 16.4. The minimum atomic E-state index is -1.29. The molecule has 3 rings (SSSR count). The van der Waals surface area contributed by atoms with E-state index in [0.29, 0.717) is 24.8 Å². The molecule has 0 aromatic heterocycles. The van der Waals surface area contributed by atoms with Gasteiger partial charge < -0.3 is 0 Å². The number of Topliss-reactive ketones (excluding diaryl/α,β-unsaturated/α-hetero) is 3. The van der Waals surface area contributed by atoms with Crippen LogP contribution in [-0.4, -0.2) is 17.3 Å². The van der Waals surface area contributed by atoms with Crippen molar-refractivity contribution in [3.63, 3.8) is 0 Å². The van der Waals surface area contributed by atoms with Gasteiger partial charge in [0.15, 0.2) is 17.3 Å². The molecule has 0 amide bonds. The summed E-state index contributed by atoms with van der Waals surface area (Å²) >= 11 is 0. The van der Waals surface area contributed by atoms with E-state index < -0.39 is 16.2 Å². The van der Waals surface area contributed by atoms with Crippen molar-refractivity contribution < 1.29 is 14.4 Å². The van der Waals surface area contributed by atoms with Gasteiger partial charge in [-0.1, -0.05) is 85.2 Å². The Morgan fingerprint density at radius 1 is 0.861 bits per heavy atom. The summed E-state index contributed by atoms with van der Waals surface area (Å²) in [5, 5.41) is 0. The van der Waals surface area contributed by atoms with Gasteiger partial charge >= 0.3 is 0 Å². The number of allylic oxidation sites excluding steroid dienone is 8. The minimum absolute atomic E-state index is 0.0157. The third-order valence-corrected chi connectivity index (χ3v) is 8.41. The average molecular weight is 487 g/mol. The lowest BCUT2D eigenvalue weighted by Crippen LogP contribution is -2.65. The van der Waals surface area contributed by atoms with E-state index in [0.717, 1.165) is 17.6 Å². The molecule has 2 aliphatic carbocycles. The molecule has 1 saturated carbocycles. The summed E-state index contributed by atoms with van der Waals surface area (Å²) in [6, 6.07) is 8.97. The molecule has 1 aromatic carbocycles. The first-order valence-corrected chi connectivity index (χ1v) is 13.1. The maximum Gasteiger partial charge on any atom is 0.196 e. The van der Waals surface area contributed by atoms with E-state index in [1.807, 2.05) is 52.0 Å². The van der Waals surface area contributed by atoms with Gasteiger partial charge in [0, 0.05) is 5.56 Å². The van der Waals surface area contributed by atoms with Crippen LogP contribution in [0.5, 0.6) is 0 Å². The Morgan fingerprint density at radius 2 is 1.42 bits per heavy atom. The number of carbonyl (C=O) groups excluding carboxylic acids is 3. The molecular weight excluding hydrogens is 444 g/mol. The summed E-state index contributed by atoms with van der Waals surface area (Å²) in [4.78, 5) is 42.9. The van der Waals surface area contributed by atoms with Crippen LogP contribution in [0.2, 0.25) is 0 Å². The molecule has 192 valence electrons. The Morgan fingerprint density at radius 3 is 1.97 bits per heavy atom. The van der Waals surface area contributed by atoms with Crippen LogP contribution < -0.4 is 0 Å². The fourth-order valence-corrected chi connectivity index (χ4v) is 6.04. The van der Waals surface area contributed by atoms with Crippen molar-refractivity contribution >= 4 is 17.3 Å². The molecule has 0 N–H and O–H groups in total. The van der Waals surface area contributed by atoms with E-state index >= 15 is 0 Å².